The molecule has 0 aliphatic heterocycles. The van der Waals surface area contributed by atoms with Gasteiger partial charge in [-0.25, -0.2) is 29.9 Å². The highest BCUT2D eigenvalue weighted by atomic mass is 16.3. The van der Waals surface area contributed by atoms with Gasteiger partial charge in [0.25, 0.3) is 0 Å². The average Bonchev–Trinajstić information content (AvgIpc) is 1.56. The monoisotopic (exact) mass is 1250 g/mol. The van der Waals surface area contributed by atoms with E-state index in [1.54, 1.807) is 6.20 Å². The Labute approximate surface area is 559 Å². The maximum atomic E-state index is 7.34. The summed E-state index contributed by atoms with van der Waals surface area (Å²) in [5.74, 6) is 3.13. The minimum atomic E-state index is 0.442. The van der Waals surface area contributed by atoms with Crippen LogP contribution in [-0.2, 0) is 0 Å². The van der Waals surface area contributed by atoms with Crippen molar-refractivity contribution < 1.29 is 8.83 Å². The van der Waals surface area contributed by atoms with E-state index in [1.165, 1.54) is 32.3 Å². The van der Waals surface area contributed by atoms with Crippen molar-refractivity contribution in [3.8, 4) is 102 Å². The lowest BCUT2D eigenvalue weighted by molar-refractivity contribution is 0.668. The Morgan fingerprint density at radius 1 is 0.214 bits per heavy atom. The third kappa shape index (κ3) is 8.96. The molecule has 0 N–H and O–H groups in total. The molecule has 0 amide bonds. The first-order chi connectivity index (χ1) is 48.5. The summed E-state index contributed by atoms with van der Waals surface area (Å²) in [5, 5.41) is 17.4. The average molecular weight is 1250 g/mol. The first-order valence-corrected chi connectivity index (χ1v) is 32.7. The number of rotatable bonds is 9. The summed E-state index contributed by atoms with van der Waals surface area (Å²) in [6.07, 6.45) is 3.70. The van der Waals surface area contributed by atoms with Crippen LogP contribution in [-0.4, -0.2) is 39.9 Å². The second-order valence-corrected chi connectivity index (χ2v) is 24.9. The van der Waals surface area contributed by atoms with Crippen LogP contribution in [0.3, 0.4) is 0 Å². The first-order valence-electron chi connectivity index (χ1n) is 32.7. The molecule has 10 heteroatoms. The summed E-state index contributed by atoms with van der Waals surface area (Å²) in [5.41, 5.74) is 13.6. The number of aromatic nitrogens is 8. The predicted molar refractivity (Wildman–Crippen MR) is 397 cm³/mol. The molecule has 0 saturated carbocycles. The van der Waals surface area contributed by atoms with Crippen molar-refractivity contribution in [3.05, 3.63) is 304 Å². The van der Waals surface area contributed by atoms with E-state index >= 15 is 0 Å². The molecule has 98 heavy (non-hydrogen) atoms. The van der Waals surface area contributed by atoms with Gasteiger partial charge in [0.15, 0.2) is 34.9 Å². The molecule has 6 heterocycles. The van der Waals surface area contributed by atoms with Gasteiger partial charge >= 0.3 is 0 Å². The van der Waals surface area contributed by atoms with Crippen LogP contribution in [0.15, 0.2) is 312 Å². The zero-order valence-corrected chi connectivity index (χ0v) is 52.3. The van der Waals surface area contributed by atoms with Gasteiger partial charge in [0, 0.05) is 51.0 Å². The number of pyridine rings is 2. The Bertz CT molecular complexity index is 6560. The Kier molecular flexibility index (Phi) is 12.4. The van der Waals surface area contributed by atoms with Gasteiger partial charge in [0.2, 0.25) is 0 Å². The SMILES string of the molecule is c1ccc(-c2nc(-c3ccccc3)nc(-c3nccc4oc5cc(-c6cc7ccc8c(-c9cnc(-c%10nc(-c%11ccccc%11)nc(-c%11ccccc%11)n%10)c%10c9oc9cc(-c%11ccc%12c(ccc%13c%14ccccc%14ccc%12%13)c%11)ccc9%10)cccc8c7c7ccccc67)ccc5c34)n2)cc1. The third-order valence-electron chi connectivity index (χ3n) is 19.3. The van der Waals surface area contributed by atoms with Gasteiger partial charge in [-0.05, 0) is 135 Å². The molecular weight excluding hydrogens is 1200 g/mol. The van der Waals surface area contributed by atoms with E-state index in [-0.39, 0.29) is 0 Å². The molecule has 0 saturated heterocycles. The molecule has 0 aliphatic rings. The van der Waals surface area contributed by atoms with Crippen LogP contribution in [0.5, 0.6) is 0 Å². The number of furan rings is 2. The molecule has 0 bridgehead atoms. The highest BCUT2D eigenvalue weighted by molar-refractivity contribution is 6.26. The van der Waals surface area contributed by atoms with E-state index in [2.05, 4.69) is 164 Å². The molecule has 0 unspecified atom stereocenters. The van der Waals surface area contributed by atoms with Gasteiger partial charge in [-0.2, -0.15) is 0 Å². The minimum Gasteiger partial charge on any atom is -0.456 e. The van der Waals surface area contributed by atoms with Crippen molar-refractivity contribution in [1.29, 1.82) is 0 Å². The van der Waals surface area contributed by atoms with Crippen LogP contribution in [0.2, 0.25) is 0 Å². The van der Waals surface area contributed by atoms with Crippen molar-refractivity contribution in [2.24, 2.45) is 0 Å². The molecule has 20 rings (SSSR count). The third-order valence-corrected chi connectivity index (χ3v) is 19.3. The lowest BCUT2D eigenvalue weighted by Crippen LogP contribution is -2.01. The number of hydrogen-bond acceptors (Lipinski definition) is 10. The summed E-state index contributed by atoms with van der Waals surface area (Å²) in [4.78, 5) is 41.0. The fourth-order valence-corrected chi connectivity index (χ4v) is 14.6. The van der Waals surface area contributed by atoms with Crippen molar-refractivity contribution in [2.45, 2.75) is 0 Å². The van der Waals surface area contributed by atoms with Gasteiger partial charge < -0.3 is 8.83 Å². The lowest BCUT2D eigenvalue weighted by Gasteiger charge is -2.15. The van der Waals surface area contributed by atoms with Crippen molar-refractivity contribution in [1.82, 2.24) is 39.9 Å². The van der Waals surface area contributed by atoms with Crippen LogP contribution < -0.4 is 0 Å². The molecule has 0 spiro atoms. The predicted octanol–water partition coefficient (Wildman–Crippen LogP) is 22.6. The number of fused-ring (bicyclic) bond motifs is 16. The quantitative estimate of drug-likeness (QED) is 0.129. The van der Waals surface area contributed by atoms with Gasteiger partial charge in [-0.1, -0.05) is 249 Å². The molecule has 10 nitrogen and oxygen atoms in total. The second kappa shape index (κ2) is 22.1. The largest absolute Gasteiger partial charge is 0.456 e. The molecule has 14 aromatic carbocycles. The second-order valence-electron chi connectivity index (χ2n) is 24.9. The molecular formula is C88H50N8O2. The molecule has 0 radical (unpaired) electrons. The fraction of sp³-hybridized carbons (Fsp3) is 0. The van der Waals surface area contributed by atoms with Crippen LogP contribution >= 0.6 is 0 Å². The summed E-state index contributed by atoms with van der Waals surface area (Å²) in [6.45, 7) is 0. The van der Waals surface area contributed by atoms with E-state index < -0.39 is 0 Å². The van der Waals surface area contributed by atoms with Crippen molar-refractivity contribution in [3.63, 3.8) is 0 Å². The smallest absolute Gasteiger partial charge is 0.183 e. The molecule has 0 fully saturated rings. The Hall–Kier alpha value is -13.4. The Balaban J connectivity index is 0.737. The topological polar surface area (TPSA) is 129 Å². The molecule has 454 valence electrons. The maximum Gasteiger partial charge on any atom is 0.183 e. The summed E-state index contributed by atoms with van der Waals surface area (Å²) >= 11 is 0. The lowest BCUT2D eigenvalue weighted by atomic mass is 9.88. The molecule has 0 atom stereocenters. The van der Waals surface area contributed by atoms with Crippen LogP contribution in [0, 0.1) is 0 Å². The van der Waals surface area contributed by atoms with Crippen LogP contribution in [0.1, 0.15) is 0 Å². The van der Waals surface area contributed by atoms with Gasteiger partial charge in [0.1, 0.15) is 33.7 Å². The van der Waals surface area contributed by atoms with Crippen molar-refractivity contribution in [2.75, 3.05) is 0 Å². The highest BCUT2D eigenvalue weighted by Crippen LogP contribution is 2.47. The molecule has 20 aromatic rings. The van der Waals surface area contributed by atoms with Gasteiger partial charge in [0.05, 0.1) is 10.8 Å². The van der Waals surface area contributed by atoms with Gasteiger partial charge in [-0.15, -0.1) is 0 Å². The maximum absolute atomic E-state index is 7.34. The Morgan fingerprint density at radius 3 is 1.31 bits per heavy atom. The van der Waals surface area contributed by atoms with Crippen molar-refractivity contribution >= 4 is 109 Å². The number of benzene rings is 14. The molecule has 6 aromatic heterocycles. The number of nitrogens with zero attached hydrogens (tertiary/aromatic N) is 8. The Morgan fingerprint density at radius 2 is 0.663 bits per heavy atom. The van der Waals surface area contributed by atoms with Crippen LogP contribution in [0.25, 0.3) is 210 Å². The highest BCUT2D eigenvalue weighted by Gasteiger charge is 2.26. The van der Waals surface area contributed by atoms with E-state index in [1.807, 2.05) is 134 Å². The summed E-state index contributed by atoms with van der Waals surface area (Å²) in [6, 6.07) is 101. The minimum absolute atomic E-state index is 0.442. The normalized spacial score (nSPS) is 11.9. The fourth-order valence-electron chi connectivity index (χ4n) is 14.6. The molecule has 0 aliphatic carbocycles. The summed E-state index contributed by atoms with van der Waals surface area (Å²) < 4.78 is 14.1. The zero-order chi connectivity index (χ0) is 64.4. The van der Waals surface area contributed by atoms with E-state index in [4.69, 9.17) is 48.7 Å². The standard InChI is InChI=1S/C88H50N8O2/c1-5-19-52(20-6-1)83-91-84(53-21-7-2-8-22-53)94-87(93-83)80-78-70-43-36-59(49-75(70)97-74(78)44-45-89-80)72-47-60-37-41-67-63(30-17-31-69(67)77(60)68-29-16-15-28-64(68)72)73-50-90-81(88-95-85(54-23-9-3-10-24-54)92-86(96-88)55-25-11-4-12-26-55)79-71-42-34-57(48-76(71)98-82(73)79)56-33-38-62-58(46-56)35-40-65-61-27-14-13-18-51(61)32-39-66(62)65/h1-50H. The summed E-state index contributed by atoms with van der Waals surface area (Å²) in [7, 11) is 0. The first kappa shape index (κ1) is 55.1. The van der Waals surface area contributed by atoms with E-state index in [0.29, 0.717) is 57.5 Å². The van der Waals surface area contributed by atoms with Crippen LogP contribution in [0.4, 0.5) is 0 Å². The van der Waals surface area contributed by atoms with E-state index in [9.17, 15) is 0 Å². The van der Waals surface area contributed by atoms with Gasteiger partial charge in [-0.3, -0.25) is 9.97 Å². The zero-order valence-electron chi connectivity index (χ0n) is 52.3. The van der Waals surface area contributed by atoms with E-state index in [0.717, 1.165) is 121 Å². The number of hydrogen-bond donors (Lipinski definition) is 0.